The lowest BCUT2D eigenvalue weighted by Gasteiger charge is -2.22. The Morgan fingerprint density at radius 3 is 2.96 bits per heavy atom. The summed E-state index contributed by atoms with van der Waals surface area (Å²) in [5, 5.41) is 14.7. The molecule has 27 heavy (non-hydrogen) atoms. The van der Waals surface area contributed by atoms with E-state index in [2.05, 4.69) is 20.9 Å². The number of hydrogen-bond acceptors (Lipinski definition) is 6. The van der Waals surface area contributed by atoms with Crippen LogP contribution < -0.4 is 15.4 Å². The highest BCUT2D eigenvalue weighted by atomic mass is 35.5. The number of anilines is 1. The van der Waals surface area contributed by atoms with E-state index in [9.17, 15) is 4.79 Å². The number of halogens is 1. The van der Waals surface area contributed by atoms with Crippen LogP contribution in [0.1, 0.15) is 36.3 Å². The number of nitrogens with one attached hydrogen (secondary N) is 2. The van der Waals surface area contributed by atoms with E-state index < -0.39 is 0 Å². The Morgan fingerprint density at radius 1 is 1.37 bits per heavy atom. The van der Waals surface area contributed by atoms with Crippen molar-refractivity contribution in [1.29, 1.82) is 0 Å². The summed E-state index contributed by atoms with van der Waals surface area (Å²) in [6, 6.07) is 5.34. The molecule has 1 saturated heterocycles. The molecule has 1 aromatic heterocycles. The van der Waals surface area contributed by atoms with Crippen molar-refractivity contribution < 1.29 is 14.3 Å². The van der Waals surface area contributed by atoms with E-state index >= 15 is 0 Å². The molecule has 1 aromatic carbocycles. The van der Waals surface area contributed by atoms with Crippen molar-refractivity contribution in [3.63, 3.8) is 0 Å². The van der Waals surface area contributed by atoms with Gasteiger partial charge < -0.3 is 20.1 Å². The van der Waals surface area contributed by atoms with E-state index in [1.54, 1.807) is 29.1 Å². The molecule has 0 bridgehead atoms. The van der Waals surface area contributed by atoms with Crippen LogP contribution in [0.5, 0.6) is 5.75 Å². The maximum absolute atomic E-state index is 12.6. The summed E-state index contributed by atoms with van der Waals surface area (Å²) in [5.74, 6) is 0.172. The van der Waals surface area contributed by atoms with E-state index in [0.29, 0.717) is 36.3 Å². The van der Waals surface area contributed by atoms with E-state index in [1.807, 2.05) is 6.92 Å². The fraction of sp³-hybridized carbons (Fsp3) is 0.500. The molecule has 146 valence electrons. The molecule has 0 spiro atoms. The average Bonchev–Trinajstić information content (AvgIpc) is 3.18. The van der Waals surface area contributed by atoms with Crippen LogP contribution in [0.2, 0.25) is 5.02 Å². The van der Waals surface area contributed by atoms with Gasteiger partial charge in [-0.2, -0.15) is 0 Å². The molecule has 1 fully saturated rings. The number of aromatic nitrogens is 3. The first-order valence-electron chi connectivity index (χ1n) is 9.11. The minimum Gasteiger partial charge on any atom is -0.489 e. The normalized spacial score (nSPS) is 14.9. The van der Waals surface area contributed by atoms with Crippen molar-refractivity contribution in [2.75, 3.05) is 38.2 Å². The number of benzene rings is 1. The number of nitrogens with zero attached hydrogens (tertiary/aromatic N) is 3. The molecule has 2 aromatic rings. The quantitative estimate of drug-likeness (QED) is 0.670. The van der Waals surface area contributed by atoms with Crippen LogP contribution in [-0.2, 0) is 4.74 Å². The topological polar surface area (TPSA) is 90.3 Å². The maximum Gasteiger partial charge on any atom is 0.277 e. The Labute approximate surface area is 163 Å². The van der Waals surface area contributed by atoms with Gasteiger partial charge in [0.15, 0.2) is 5.69 Å². The lowest BCUT2D eigenvalue weighted by atomic mass is 10.1. The Balaban J connectivity index is 1.66. The zero-order valence-electron chi connectivity index (χ0n) is 15.3. The Hall–Kier alpha value is -2.16. The van der Waals surface area contributed by atoms with Crippen molar-refractivity contribution in [2.24, 2.45) is 0 Å². The fourth-order valence-electron chi connectivity index (χ4n) is 2.90. The summed E-state index contributed by atoms with van der Waals surface area (Å²) in [6.45, 7) is 5.28. The minimum absolute atomic E-state index is 0.258. The van der Waals surface area contributed by atoms with Gasteiger partial charge in [0.05, 0.1) is 24.5 Å². The Morgan fingerprint density at radius 2 is 2.19 bits per heavy atom. The lowest BCUT2D eigenvalue weighted by molar-refractivity contribution is 0.101. The molecule has 3 rings (SSSR count). The predicted molar refractivity (Wildman–Crippen MR) is 103 cm³/mol. The van der Waals surface area contributed by atoms with Gasteiger partial charge in [-0.1, -0.05) is 16.8 Å². The molecule has 1 aliphatic heterocycles. The number of carbonyl (C=O) groups is 1. The highest BCUT2D eigenvalue weighted by molar-refractivity contribution is 6.31. The van der Waals surface area contributed by atoms with E-state index in [1.165, 1.54) is 0 Å². The molecule has 2 N–H and O–H groups in total. The van der Waals surface area contributed by atoms with Crippen molar-refractivity contribution in [3.05, 3.63) is 35.1 Å². The van der Waals surface area contributed by atoms with Gasteiger partial charge in [0.25, 0.3) is 5.91 Å². The summed E-state index contributed by atoms with van der Waals surface area (Å²) in [6.07, 6.45) is 3.62. The third-order valence-electron chi connectivity index (χ3n) is 4.30. The summed E-state index contributed by atoms with van der Waals surface area (Å²) in [4.78, 5) is 12.6. The predicted octanol–water partition coefficient (Wildman–Crippen LogP) is 2.52. The van der Waals surface area contributed by atoms with Gasteiger partial charge in [-0.25, -0.2) is 4.68 Å². The van der Waals surface area contributed by atoms with E-state index in [0.717, 1.165) is 25.9 Å². The van der Waals surface area contributed by atoms with Gasteiger partial charge in [0, 0.05) is 11.6 Å². The first-order valence-corrected chi connectivity index (χ1v) is 9.49. The molecule has 8 nitrogen and oxygen atoms in total. The SMILES string of the molecule is CCOCCOc1ccc(Cl)cc1NC(=O)c1cn(C2CCNCC2)nn1. The molecule has 9 heteroatoms. The minimum atomic E-state index is -0.355. The number of carbonyl (C=O) groups excluding carboxylic acids is 1. The van der Waals surface area contributed by atoms with Crippen molar-refractivity contribution in [1.82, 2.24) is 20.3 Å². The third-order valence-corrected chi connectivity index (χ3v) is 4.54. The molecular formula is C18H24ClN5O3. The third kappa shape index (κ3) is 5.41. The second kappa shape index (κ2) is 9.68. The van der Waals surface area contributed by atoms with Crippen molar-refractivity contribution >= 4 is 23.2 Å². The second-order valence-electron chi connectivity index (χ2n) is 6.20. The van der Waals surface area contributed by atoms with Gasteiger partial charge in [0.1, 0.15) is 12.4 Å². The van der Waals surface area contributed by atoms with Crippen LogP contribution >= 0.6 is 11.6 Å². The Bertz CT molecular complexity index is 761. The van der Waals surface area contributed by atoms with Crippen LogP contribution in [0.3, 0.4) is 0 Å². The Kier molecular flexibility index (Phi) is 7.03. The number of rotatable bonds is 8. The summed E-state index contributed by atoms with van der Waals surface area (Å²) in [5.41, 5.74) is 0.745. The zero-order chi connectivity index (χ0) is 19.1. The van der Waals surface area contributed by atoms with Gasteiger partial charge in [-0.05, 0) is 51.1 Å². The molecule has 0 radical (unpaired) electrons. The van der Waals surface area contributed by atoms with Crippen molar-refractivity contribution in [3.8, 4) is 5.75 Å². The summed E-state index contributed by atoms with van der Waals surface area (Å²) < 4.78 is 12.7. The molecule has 1 aliphatic rings. The lowest BCUT2D eigenvalue weighted by Crippen LogP contribution is -2.29. The van der Waals surface area contributed by atoms with Crippen LogP contribution in [0.25, 0.3) is 0 Å². The number of ether oxygens (including phenoxy) is 2. The largest absolute Gasteiger partial charge is 0.489 e. The van der Waals surface area contributed by atoms with E-state index in [-0.39, 0.29) is 17.6 Å². The van der Waals surface area contributed by atoms with Crippen LogP contribution in [0.4, 0.5) is 5.69 Å². The monoisotopic (exact) mass is 393 g/mol. The number of piperidine rings is 1. The highest BCUT2D eigenvalue weighted by Gasteiger charge is 2.19. The molecule has 2 heterocycles. The number of hydrogen-bond donors (Lipinski definition) is 2. The smallest absolute Gasteiger partial charge is 0.277 e. The first-order chi connectivity index (χ1) is 13.2. The van der Waals surface area contributed by atoms with Crippen LogP contribution in [0.15, 0.2) is 24.4 Å². The molecular weight excluding hydrogens is 370 g/mol. The average molecular weight is 394 g/mol. The standard InChI is InChI=1S/C18H24ClN5O3/c1-2-26-9-10-27-17-4-3-13(19)11-15(17)21-18(25)16-12-24(23-22-16)14-5-7-20-8-6-14/h3-4,11-12,14,20H,2,5-10H2,1H3,(H,21,25). The first kappa shape index (κ1) is 19.6. The zero-order valence-corrected chi connectivity index (χ0v) is 16.0. The molecule has 0 unspecified atom stereocenters. The van der Waals surface area contributed by atoms with Crippen LogP contribution in [0, 0.1) is 0 Å². The molecule has 0 aliphatic carbocycles. The van der Waals surface area contributed by atoms with Gasteiger partial charge in [0.2, 0.25) is 0 Å². The van der Waals surface area contributed by atoms with Crippen molar-refractivity contribution in [2.45, 2.75) is 25.8 Å². The fourth-order valence-corrected chi connectivity index (χ4v) is 3.07. The van der Waals surface area contributed by atoms with Crippen LogP contribution in [-0.4, -0.2) is 53.8 Å². The van der Waals surface area contributed by atoms with Gasteiger partial charge >= 0.3 is 0 Å². The number of amides is 1. The maximum atomic E-state index is 12.6. The molecule has 0 saturated carbocycles. The summed E-state index contributed by atoms with van der Waals surface area (Å²) >= 11 is 6.07. The summed E-state index contributed by atoms with van der Waals surface area (Å²) in [7, 11) is 0. The second-order valence-corrected chi connectivity index (χ2v) is 6.64. The van der Waals surface area contributed by atoms with Gasteiger partial charge in [-0.3, -0.25) is 4.79 Å². The molecule has 0 atom stereocenters. The van der Waals surface area contributed by atoms with E-state index in [4.69, 9.17) is 21.1 Å². The van der Waals surface area contributed by atoms with Gasteiger partial charge in [-0.15, -0.1) is 5.10 Å². The highest BCUT2D eigenvalue weighted by Crippen LogP contribution is 2.28. The molecule has 1 amide bonds.